The average molecular weight is 235 g/mol. The van der Waals surface area contributed by atoms with Gasteiger partial charge in [-0.1, -0.05) is 5.21 Å². The number of nitrogens with zero attached hydrogens (tertiary/aromatic N) is 4. The zero-order valence-electron chi connectivity index (χ0n) is 9.17. The number of methoxy groups -OCH3 is 1. The quantitative estimate of drug-likeness (QED) is 0.700. The summed E-state index contributed by atoms with van der Waals surface area (Å²) in [6.45, 7) is 1.68. The molecule has 0 fully saturated rings. The lowest BCUT2D eigenvalue weighted by molar-refractivity contribution is 0.0594. The lowest BCUT2D eigenvalue weighted by Crippen LogP contribution is -2.13. The predicted octanol–water partition coefficient (Wildman–Crippen LogP) is -0.554. The van der Waals surface area contributed by atoms with Crippen molar-refractivity contribution in [3.8, 4) is 5.95 Å². The third-order valence-electron chi connectivity index (χ3n) is 1.96. The van der Waals surface area contributed by atoms with Crippen LogP contribution in [-0.4, -0.2) is 38.0 Å². The lowest BCUT2D eigenvalue weighted by Gasteiger charge is -1.98. The van der Waals surface area contributed by atoms with E-state index in [1.165, 1.54) is 24.1 Å². The van der Waals surface area contributed by atoms with E-state index in [0.29, 0.717) is 5.69 Å². The average Bonchev–Trinajstić information content (AvgIpc) is 2.76. The van der Waals surface area contributed by atoms with Crippen molar-refractivity contribution in [3.05, 3.63) is 34.0 Å². The molecule has 17 heavy (non-hydrogen) atoms. The predicted molar refractivity (Wildman–Crippen MR) is 55.9 cm³/mol. The van der Waals surface area contributed by atoms with E-state index in [1.54, 1.807) is 6.92 Å². The molecule has 2 heterocycles. The van der Waals surface area contributed by atoms with Crippen LogP contribution in [0.3, 0.4) is 0 Å². The van der Waals surface area contributed by atoms with Crippen LogP contribution in [0.25, 0.3) is 5.95 Å². The molecule has 88 valence electrons. The van der Waals surface area contributed by atoms with Gasteiger partial charge in [0.25, 0.3) is 5.56 Å². The van der Waals surface area contributed by atoms with Gasteiger partial charge in [-0.25, -0.2) is 9.78 Å². The van der Waals surface area contributed by atoms with Crippen molar-refractivity contribution in [1.82, 2.24) is 25.0 Å². The van der Waals surface area contributed by atoms with Gasteiger partial charge in [0.05, 0.1) is 13.3 Å². The molecule has 0 spiro atoms. The molecule has 1 N–H and O–H groups in total. The Morgan fingerprint density at radius 3 is 2.94 bits per heavy atom. The van der Waals surface area contributed by atoms with E-state index < -0.39 is 5.97 Å². The molecule has 0 aromatic carbocycles. The highest BCUT2D eigenvalue weighted by molar-refractivity contribution is 5.86. The zero-order chi connectivity index (χ0) is 12.4. The topological polar surface area (TPSA) is 103 Å². The number of hydrogen-bond donors (Lipinski definition) is 1. The van der Waals surface area contributed by atoms with E-state index in [-0.39, 0.29) is 17.2 Å². The Morgan fingerprint density at radius 1 is 1.53 bits per heavy atom. The van der Waals surface area contributed by atoms with Crippen LogP contribution in [-0.2, 0) is 4.74 Å². The molecular weight excluding hydrogens is 226 g/mol. The first kappa shape index (κ1) is 11.0. The van der Waals surface area contributed by atoms with Crippen LogP contribution >= 0.6 is 0 Å². The molecule has 2 aromatic heterocycles. The SMILES string of the molecule is COC(=O)c1cn(-c2nc(C)cc(=O)[nH]2)nn1. The van der Waals surface area contributed by atoms with Crippen molar-refractivity contribution >= 4 is 5.97 Å². The summed E-state index contributed by atoms with van der Waals surface area (Å²) < 4.78 is 5.68. The molecule has 0 unspecified atom stereocenters. The van der Waals surface area contributed by atoms with Crippen LogP contribution in [0, 0.1) is 6.92 Å². The van der Waals surface area contributed by atoms with Gasteiger partial charge < -0.3 is 4.74 Å². The summed E-state index contributed by atoms with van der Waals surface area (Å²) in [4.78, 5) is 28.9. The van der Waals surface area contributed by atoms with Crippen LogP contribution in [0.4, 0.5) is 0 Å². The number of ether oxygens (including phenoxy) is 1. The van der Waals surface area contributed by atoms with Gasteiger partial charge in [-0.2, -0.15) is 4.68 Å². The lowest BCUT2D eigenvalue weighted by atomic mass is 10.4. The largest absolute Gasteiger partial charge is 0.464 e. The van der Waals surface area contributed by atoms with Gasteiger partial charge in [-0.3, -0.25) is 9.78 Å². The minimum atomic E-state index is -0.605. The fourth-order valence-corrected chi connectivity index (χ4v) is 1.24. The third-order valence-corrected chi connectivity index (χ3v) is 1.96. The van der Waals surface area contributed by atoms with E-state index in [2.05, 4.69) is 25.0 Å². The van der Waals surface area contributed by atoms with Gasteiger partial charge in [0.15, 0.2) is 5.69 Å². The smallest absolute Gasteiger partial charge is 0.360 e. The molecule has 0 bridgehead atoms. The van der Waals surface area contributed by atoms with Crippen LogP contribution in [0.5, 0.6) is 0 Å². The van der Waals surface area contributed by atoms with Gasteiger partial charge >= 0.3 is 5.97 Å². The first-order chi connectivity index (χ1) is 8.10. The minimum absolute atomic E-state index is 0.0386. The maximum absolute atomic E-state index is 11.2. The number of H-pyrrole nitrogens is 1. The number of aromatic nitrogens is 5. The summed E-state index contributed by atoms with van der Waals surface area (Å²) in [6, 6.07) is 1.35. The molecule has 0 aliphatic carbocycles. The maximum atomic E-state index is 11.2. The number of hydrogen-bond acceptors (Lipinski definition) is 6. The summed E-state index contributed by atoms with van der Waals surface area (Å²) >= 11 is 0. The first-order valence-corrected chi connectivity index (χ1v) is 4.69. The van der Waals surface area contributed by atoms with E-state index in [9.17, 15) is 9.59 Å². The normalized spacial score (nSPS) is 10.2. The molecular formula is C9H9N5O3. The summed E-state index contributed by atoms with van der Waals surface area (Å²) in [5, 5.41) is 7.27. The van der Waals surface area contributed by atoms with Gasteiger partial charge in [0.2, 0.25) is 5.95 Å². The molecule has 0 saturated carbocycles. The molecule has 0 aliphatic rings. The Balaban J connectivity index is 2.43. The second kappa shape index (κ2) is 4.16. The van der Waals surface area contributed by atoms with Crippen LogP contribution in [0.15, 0.2) is 17.1 Å². The second-order valence-electron chi connectivity index (χ2n) is 3.25. The molecule has 0 amide bonds. The fraction of sp³-hybridized carbons (Fsp3) is 0.222. The summed E-state index contributed by atoms with van der Waals surface area (Å²) in [5.74, 6) is -0.413. The summed E-state index contributed by atoms with van der Waals surface area (Å²) in [5.41, 5.74) is 0.276. The second-order valence-corrected chi connectivity index (χ2v) is 3.25. The van der Waals surface area contributed by atoms with Gasteiger partial charge in [-0.15, -0.1) is 5.10 Å². The van der Waals surface area contributed by atoms with Gasteiger partial charge in [0.1, 0.15) is 0 Å². The third kappa shape index (κ3) is 2.19. The molecule has 2 aromatic rings. The van der Waals surface area contributed by atoms with Gasteiger partial charge in [0, 0.05) is 11.8 Å². The fourth-order valence-electron chi connectivity index (χ4n) is 1.24. The zero-order valence-corrected chi connectivity index (χ0v) is 9.17. The Labute approximate surface area is 95.3 Å². The first-order valence-electron chi connectivity index (χ1n) is 4.69. The van der Waals surface area contributed by atoms with E-state index >= 15 is 0 Å². The van der Waals surface area contributed by atoms with E-state index in [0.717, 1.165) is 0 Å². The molecule has 0 atom stereocenters. The summed E-state index contributed by atoms with van der Waals surface area (Å²) in [7, 11) is 1.24. The molecule has 0 radical (unpaired) electrons. The number of nitrogens with one attached hydrogen (secondary N) is 1. The van der Waals surface area contributed by atoms with Crippen molar-refractivity contribution in [3.63, 3.8) is 0 Å². The number of rotatable bonds is 2. The number of aromatic amines is 1. The number of carbonyl (C=O) groups is 1. The maximum Gasteiger partial charge on any atom is 0.360 e. The number of esters is 1. The molecule has 8 nitrogen and oxygen atoms in total. The highest BCUT2D eigenvalue weighted by Gasteiger charge is 2.12. The highest BCUT2D eigenvalue weighted by Crippen LogP contribution is 2.00. The van der Waals surface area contributed by atoms with Gasteiger partial charge in [-0.05, 0) is 6.92 Å². The van der Waals surface area contributed by atoms with Crippen molar-refractivity contribution < 1.29 is 9.53 Å². The Morgan fingerprint density at radius 2 is 2.29 bits per heavy atom. The van der Waals surface area contributed by atoms with Crippen LogP contribution in [0.1, 0.15) is 16.2 Å². The Kier molecular flexibility index (Phi) is 2.69. The van der Waals surface area contributed by atoms with Crippen LogP contribution in [0.2, 0.25) is 0 Å². The standard InChI is InChI=1S/C9H9N5O3/c1-5-3-7(15)11-9(10-5)14-4-6(12-13-14)8(16)17-2/h3-4H,1-2H3,(H,10,11,15). The van der Waals surface area contributed by atoms with Crippen molar-refractivity contribution in [1.29, 1.82) is 0 Å². The summed E-state index contributed by atoms with van der Waals surface area (Å²) in [6.07, 6.45) is 1.32. The number of carbonyl (C=O) groups excluding carboxylic acids is 1. The highest BCUT2D eigenvalue weighted by atomic mass is 16.5. The van der Waals surface area contributed by atoms with Crippen molar-refractivity contribution in [2.24, 2.45) is 0 Å². The number of aryl methyl sites for hydroxylation is 1. The van der Waals surface area contributed by atoms with Crippen molar-refractivity contribution in [2.75, 3.05) is 7.11 Å². The van der Waals surface area contributed by atoms with Crippen molar-refractivity contribution in [2.45, 2.75) is 6.92 Å². The molecule has 8 heteroatoms. The molecule has 0 aliphatic heterocycles. The molecule has 0 saturated heterocycles. The monoisotopic (exact) mass is 235 g/mol. The van der Waals surface area contributed by atoms with E-state index in [4.69, 9.17) is 0 Å². The molecule has 2 rings (SSSR count). The Bertz CT molecular complexity index is 615. The van der Waals surface area contributed by atoms with Crippen LogP contribution < -0.4 is 5.56 Å². The Hall–Kier alpha value is -2.51. The minimum Gasteiger partial charge on any atom is -0.464 e. The van der Waals surface area contributed by atoms with E-state index in [1.807, 2.05) is 0 Å².